The average molecular weight is 464 g/mol. The second-order valence-corrected chi connectivity index (χ2v) is 7.53. The number of piperazine rings is 1. The van der Waals surface area contributed by atoms with Gasteiger partial charge in [-0.25, -0.2) is 23.9 Å². The van der Waals surface area contributed by atoms with Crippen molar-refractivity contribution in [2.24, 2.45) is 0 Å². The molecule has 176 valence electrons. The second-order valence-electron chi connectivity index (χ2n) is 7.53. The third kappa shape index (κ3) is 7.79. The third-order valence-electron chi connectivity index (χ3n) is 5.09. The summed E-state index contributed by atoms with van der Waals surface area (Å²) >= 11 is 0. The van der Waals surface area contributed by atoms with E-state index >= 15 is 0 Å². The molecular weight excluding hydrogens is 439 g/mol. The molecule has 0 aliphatic carbocycles. The van der Waals surface area contributed by atoms with Crippen LogP contribution in [0.2, 0.25) is 0 Å². The maximum atomic E-state index is 13.1. The molecule has 2 aromatic carbocycles. The predicted octanol–water partition coefficient (Wildman–Crippen LogP) is 3.32. The molecule has 4 rings (SSSR count). The molecule has 1 fully saturated rings. The van der Waals surface area contributed by atoms with E-state index in [1.807, 2.05) is 18.2 Å². The fraction of sp³-hybridized carbons (Fsp3) is 0.200. The summed E-state index contributed by atoms with van der Waals surface area (Å²) in [6.07, 6.45) is 4.69. The monoisotopic (exact) mass is 464 g/mol. The van der Waals surface area contributed by atoms with Crippen molar-refractivity contribution in [1.82, 2.24) is 14.9 Å². The Morgan fingerprint density at radius 1 is 0.853 bits per heavy atom. The topological polar surface area (TPSA) is 107 Å². The molecule has 0 amide bonds. The molecule has 0 unspecified atom stereocenters. The SMILES string of the molecule is Fc1ccc(-c2cccc(CN3CCN(c4ncccn4)CC3)c2)cc1.O=C(O)C=CC(=O)O. The van der Waals surface area contributed by atoms with Crippen molar-refractivity contribution in [3.8, 4) is 11.1 Å². The number of carbonyl (C=O) groups is 2. The number of carboxylic acid groups (broad SMARTS) is 2. The maximum Gasteiger partial charge on any atom is 0.328 e. The van der Waals surface area contributed by atoms with Crippen LogP contribution in [-0.4, -0.2) is 63.2 Å². The molecule has 1 aliphatic heterocycles. The summed E-state index contributed by atoms with van der Waals surface area (Å²) in [6, 6.07) is 17.0. The molecule has 1 saturated heterocycles. The number of anilines is 1. The summed E-state index contributed by atoms with van der Waals surface area (Å²) in [5.74, 6) is -1.91. The number of halogens is 1. The lowest BCUT2D eigenvalue weighted by Crippen LogP contribution is -2.46. The molecule has 34 heavy (non-hydrogen) atoms. The summed E-state index contributed by atoms with van der Waals surface area (Å²) in [7, 11) is 0. The van der Waals surface area contributed by atoms with Crippen molar-refractivity contribution in [2.45, 2.75) is 6.54 Å². The van der Waals surface area contributed by atoms with Gasteiger partial charge in [-0.2, -0.15) is 0 Å². The van der Waals surface area contributed by atoms with Crippen LogP contribution in [0.25, 0.3) is 11.1 Å². The van der Waals surface area contributed by atoms with Crippen molar-refractivity contribution < 1.29 is 24.2 Å². The Morgan fingerprint density at radius 3 is 2.06 bits per heavy atom. The Morgan fingerprint density at radius 2 is 1.47 bits per heavy atom. The quantitative estimate of drug-likeness (QED) is 0.535. The minimum Gasteiger partial charge on any atom is -0.478 e. The van der Waals surface area contributed by atoms with Gasteiger partial charge in [-0.15, -0.1) is 0 Å². The van der Waals surface area contributed by atoms with E-state index in [0.29, 0.717) is 12.2 Å². The van der Waals surface area contributed by atoms with E-state index in [1.54, 1.807) is 12.4 Å². The fourth-order valence-electron chi connectivity index (χ4n) is 3.45. The first-order chi connectivity index (χ1) is 16.4. The number of hydrogen-bond donors (Lipinski definition) is 2. The Labute approximate surface area is 196 Å². The summed E-state index contributed by atoms with van der Waals surface area (Å²) in [5, 5.41) is 15.6. The molecule has 0 radical (unpaired) electrons. The van der Waals surface area contributed by atoms with Crippen molar-refractivity contribution in [3.63, 3.8) is 0 Å². The summed E-state index contributed by atoms with van der Waals surface area (Å²) in [6.45, 7) is 4.75. The van der Waals surface area contributed by atoms with Crippen molar-refractivity contribution in [1.29, 1.82) is 0 Å². The minimum absolute atomic E-state index is 0.204. The van der Waals surface area contributed by atoms with Gasteiger partial charge in [0.05, 0.1) is 0 Å². The van der Waals surface area contributed by atoms with Gasteiger partial charge in [0.1, 0.15) is 5.82 Å². The first-order valence-electron chi connectivity index (χ1n) is 10.6. The molecule has 0 saturated carbocycles. The van der Waals surface area contributed by atoms with Crippen LogP contribution in [0.15, 0.2) is 79.1 Å². The molecule has 0 atom stereocenters. The van der Waals surface area contributed by atoms with E-state index in [2.05, 4.69) is 44.0 Å². The molecule has 2 heterocycles. The smallest absolute Gasteiger partial charge is 0.328 e. The van der Waals surface area contributed by atoms with Crippen LogP contribution in [0.4, 0.5) is 10.3 Å². The van der Waals surface area contributed by atoms with E-state index in [0.717, 1.165) is 49.8 Å². The van der Waals surface area contributed by atoms with Gasteiger partial charge in [-0.1, -0.05) is 30.3 Å². The molecule has 1 aliphatic rings. The van der Waals surface area contributed by atoms with E-state index < -0.39 is 11.9 Å². The zero-order chi connectivity index (χ0) is 24.3. The Kier molecular flexibility index (Phi) is 8.81. The number of rotatable bonds is 6. The van der Waals surface area contributed by atoms with Gasteiger partial charge in [-0.3, -0.25) is 4.90 Å². The highest BCUT2D eigenvalue weighted by Gasteiger charge is 2.18. The summed E-state index contributed by atoms with van der Waals surface area (Å²) in [4.78, 5) is 32.4. The van der Waals surface area contributed by atoms with Crippen LogP contribution in [0, 0.1) is 5.82 Å². The van der Waals surface area contributed by atoms with Gasteiger partial charge in [0.25, 0.3) is 0 Å². The first-order valence-corrected chi connectivity index (χ1v) is 10.6. The Bertz CT molecular complexity index is 1100. The van der Waals surface area contributed by atoms with E-state index in [1.165, 1.54) is 17.7 Å². The van der Waals surface area contributed by atoms with Crippen molar-refractivity contribution >= 4 is 17.9 Å². The Hall–Kier alpha value is -4.11. The lowest BCUT2D eigenvalue weighted by atomic mass is 10.0. The molecule has 0 spiro atoms. The molecular formula is C25H25FN4O4. The zero-order valence-corrected chi connectivity index (χ0v) is 18.4. The number of hydrogen-bond acceptors (Lipinski definition) is 6. The van der Waals surface area contributed by atoms with E-state index in [9.17, 15) is 14.0 Å². The third-order valence-corrected chi connectivity index (χ3v) is 5.09. The minimum atomic E-state index is -1.26. The van der Waals surface area contributed by atoms with Crippen molar-refractivity contribution in [2.75, 3.05) is 31.1 Å². The van der Waals surface area contributed by atoms with Crippen LogP contribution in [-0.2, 0) is 16.1 Å². The molecule has 2 N–H and O–H groups in total. The lowest BCUT2D eigenvalue weighted by Gasteiger charge is -2.34. The van der Waals surface area contributed by atoms with Crippen LogP contribution in [0.1, 0.15) is 5.56 Å². The number of benzene rings is 2. The standard InChI is InChI=1S/C21H21FN4.C4H4O4/c22-20-7-5-18(6-8-20)19-4-1-3-17(15-19)16-25-11-13-26(14-12-25)21-23-9-2-10-24-21;5-3(6)1-2-4(7)8/h1-10,15H,11-14,16H2;1-2H,(H,5,6)(H,7,8). The number of carboxylic acids is 2. The molecule has 8 nitrogen and oxygen atoms in total. The fourth-order valence-corrected chi connectivity index (χ4v) is 3.45. The van der Waals surface area contributed by atoms with E-state index in [-0.39, 0.29) is 5.82 Å². The maximum absolute atomic E-state index is 13.1. The zero-order valence-electron chi connectivity index (χ0n) is 18.4. The second kappa shape index (κ2) is 12.2. The van der Waals surface area contributed by atoms with Gasteiger partial charge < -0.3 is 15.1 Å². The largest absolute Gasteiger partial charge is 0.478 e. The molecule has 3 aromatic rings. The highest BCUT2D eigenvalue weighted by molar-refractivity contribution is 5.89. The van der Waals surface area contributed by atoms with Crippen LogP contribution in [0.5, 0.6) is 0 Å². The van der Waals surface area contributed by atoms with Gasteiger partial charge in [-0.05, 0) is 41.0 Å². The van der Waals surface area contributed by atoms with Crippen LogP contribution >= 0.6 is 0 Å². The molecule has 9 heteroatoms. The average Bonchev–Trinajstić information content (AvgIpc) is 2.85. The van der Waals surface area contributed by atoms with Crippen molar-refractivity contribution in [3.05, 3.63) is 90.5 Å². The highest BCUT2D eigenvalue weighted by atomic mass is 19.1. The predicted molar refractivity (Wildman–Crippen MR) is 126 cm³/mol. The molecule has 0 bridgehead atoms. The van der Waals surface area contributed by atoms with Gasteiger partial charge in [0.15, 0.2) is 0 Å². The lowest BCUT2D eigenvalue weighted by molar-refractivity contribution is -0.134. The number of nitrogens with zero attached hydrogens (tertiary/aromatic N) is 4. The first kappa shape index (κ1) is 24.5. The van der Waals surface area contributed by atoms with Gasteiger partial charge >= 0.3 is 11.9 Å². The summed E-state index contributed by atoms with van der Waals surface area (Å²) < 4.78 is 13.1. The highest BCUT2D eigenvalue weighted by Crippen LogP contribution is 2.22. The normalized spacial score (nSPS) is 13.9. The number of aliphatic carboxylic acids is 2. The van der Waals surface area contributed by atoms with Crippen LogP contribution < -0.4 is 4.90 Å². The number of aromatic nitrogens is 2. The van der Waals surface area contributed by atoms with Gasteiger partial charge in [0.2, 0.25) is 5.95 Å². The van der Waals surface area contributed by atoms with Crippen LogP contribution in [0.3, 0.4) is 0 Å². The molecule has 1 aromatic heterocycles. The Balaban J connectivity index is 0.000000350. The van der Waals surface area contributed by atoms with Gasteiger partial charge in [0, 0.05) is 57.3 Å². The van der Waals surface area contributed by atoms with E-state index in [4.69, 9.17) is 10.2 Å². The summed E-state index contributed by atoms with van der Waals surface area (Å²) in [5.41, 5.74) is 3.44.